The molecule has 0 aliphatic heterocycles. The number of carbonyl (C=O) groups excluding carboxylic acids is 1. The topological polar surface area (TPSA) is 66.9 Å². The quantitative estimate of drug-likeness (QED) is 0.492. The Morgan fingerprint density at radius 2 is 2.47 bits per heavy atom. The van der Waals surface area contributed by atoms with Gasteiger partial charge in [0.15, 0.2) is 0 Å². The number of terminal acetylenes is 1. The zero-order valence-corrected chi connectivity index (χ0v) is 8.23. The molecule has 5 heteroatoms. The number of rotatable bonds is 5. The van der Waals surface area contributed by atoms with E-state index in [1.807, 2.05) is 0 Å². The van der Waals surface area contributed by atoms with Crippen LogP contribution in [0.1, 0.15) is 5.69 Å². The van der Waals surface area contributed by atoms with Gasteiger partial charge in [0.25, 0.3) is 0 Å². The van der Waals surface area contributed by atoms with Gasteiger partial charge in [-0.15, -0.1) is 6.42 Å². The van der Waals surface area contributed by atoms with Crippen LogP contribution in [0.15, 0.2) is 18.3 Å². The van der Waals surface area contributed by atoms with Crippen molar-refractivity contribution in [2.45, 2.75) is 6.54 Å². The van der Waals surface area contributed by atoms with Crippen molar-refractivity contribution < 1.29 is 4.79 Å². The molecule has 0 radical (unpaired) electrons. The molecule has 0 saturated carbocycles. The predicted octanol–water partition coefficient (Wildman–Crippen LogP) is -0.684. The van der Waals surface area contributed by atoms with Crippen molar-refractivity contribution in [1.82, 2.24) is 20.8 Å². The summed E-state index contributed by atoms with van der Waals surface area (Å²) in [5.74, 6) is 2.27. The van der Waals surface area contributed by atoms with E-state index in [0.717, 1.165) is 5.69 Å². The summed E-state index contributed by atoms with van der Waals surface area (Å²) in [6.07, 6.45) is 6.60. The van der Waals surface area contributed by atoms with Crippen molar-refractivity contribution in [1.29, 1.82) is 0 Å². The highest BCUT2D eigenvalue weighted by molar-refractivity contribution is 5.77. The van der Waals surface area contributed by atoms with Gasteiger partial charge in [-0.05, 0) is 12.1 Å². The van der Waals surface area contributed by atoms with Gasteiger partial charge in [0.2, 0.25) is 5.91 Å². The molecule has 0 aromatic carbocycles. The molecule has 1 aromatic rings. The van der Waals surface area contributed by atoms with Crippen molar-refractivity contribution >= 4 is 5.91 Å². The Morgan fingerprint density at radius 3 is 3.13 bits per heavy atom. The minimum atomic E-state index is -0.115. The van der Waals surface area contributed by atoms with E-state index < -0.39 is 0 Å². The molecule has 0 atom stereocenters. The highest BCUT2D eigenvalue weighted by Gasteiger charge is 2.00. The maximum Gasteiger partial charge on any atom is 0.234 e. The normalized spacial score (nSPS) is 9.27. The Labute approximate surface area is 88.3 Å². The van der Waals surface area contributed by atoms with Gasteiger partial charge in [0.1, 0.15) is 0 Å². The summed E-state index contributed by atoms with van der Waals surface area (Å²) in [7, 11) is 0. The van der Waals surface area contributed by atoms with Gasteiger partial charge >= 0.3 is 0 Å². The third-order valence-corrected chi connectivity index (χ3v) is 1.61. The Morgan fingerprint density at radius 1 is 1.60 bits per heavy atom. The lowest BCUT2D eigenvalue weighted by Gasteiger charge is -2.03. The maximum atomic E-state index is 11.2. The molecule has 0 aliphatic rings. The maximum absolute atomic E-state index is 11.2. The number of nitrogens with zero attached hydrogens (tertiary/aromatic N) is 2. The molecule has 0 spiro atoms. The summed E-state index contributed by atoms with van der Waals surface area (Å²) >= 11 is 0. The van der Waals surface area contributed by atoms with Crippen LogP contribution in [0.2, 0.25) is 0 Å². The molecule has 0 unspecified atom stereocenters. The van der Waals surface area contributed by atoms with Crippen LogP contribution in [0.25, 0.3) is 0 Å². The molecule has 0 aliphatic carbocycles. The zero-order valence-electron chi connectivity index (χ0n) is 8.23. The van der Waals surface area contributed by atoms with Crippen LogP contribution >= 0.6 is 0 Å². The standard InChI is InChI=1S/C10H12N4O/c1-2-5-11-8-10(15)12-7-9-4-3-6-13-14-9/h1,3-4,6,11H,5,7-8H2,(H,12,15). The molecule has 0 bridgehead atoms. The average molecular weight is 204 g/mol. The molecular weight excluding hydrogens is 192 g/mol. The van der Waals surface area contributed by atoms with Crippen LogP contribution in [0.5, 0.6) is 0 Å². The molecule has 1 heterocycles. The van der Waals surface area contributed by atoms with Crippen LogP contribution in [-0.4, -0.2) is 29.2 Å². The number of hydrogen-bond acceptors (Lipinski definition) is 4. The molecule has 15 heavy (non-hydrogen) atoms. The molecular formula is C10H12N4O. The van der Waals surface area contributed by atoms with Crippen LogP contribution in [0.3, 0.4) is 0 Å². The Bertz CT molecular complexity index is 344. The largest absolute Gasteiger partial charge is 0.349 e. The van der Waals surface area contributed by atoms with Gasteiger partial charge in [0, 0.05) is 6.20 Å². The second-order valence-corrected chi connectivity index (χ2v) is 2.80. The van der Waals surface area contributed by atoms with Crippen molar-refractivity contribution in [3.63, 3.8) is 0 Å². The van der Waals surface area contributed by atoms with E-state index in [2.05, 4.69) is 26.8 Å². The Hall–Kier alpha value is -1.93. The first-order chi connectivity index (χ1) is 7.33. The fraction of sp³-hybridized carbons (Fsp3) is 0.300. The first-order valence-corrected chi connectivity index (χ1v) is 4.50. The number of aromatic nitrogens is 2. The predicted molar refractivity (Wildman–Crippen MR) is 55.6 cm³/mol. The number of amides is 1. The SMILES string of the molecule is C#CCNCC(=O)NCc1cccnn1. The van der Waals surface area contributed by atoms with Crippen molar-refractivity contribution in [3.8, 4) is 12.3 Å². The number of carbonyl (C=O) groups is 1. The fourth-order valence-electron chi connectivity index (χ4n) is 0.928. The van der Waals surface area contributed by atoms with Crippen molar-refractivity contribution in [2.24, 2.45) is 0 Å². The summed E-state index contributed by atoms with van der Waals surface area (Å²) < 4.78 is 0. The monoisotopic (exact) mass is 204 g/mol. The third kappa shape index (κ3) is 4.74. The lowest BCUT2D eigenvalue weighted by molar-refractivity contribution is -0.120. The summed E-state index contributed by atoms with van der Waals surface area (Å²) in [6, 6.07) is 3.56. The van der Waals surface area contributed by atoms with Gasteiger partial charge in [-0.2, -0.15) is 10.2 Å². The smallest absolute Gasteiger partial charge is 0.234 e. The van der Waals surface area contributed by atoms with Gasteiger partial charge in [-0.25, -0.2) is 0 Å². The first-order valence-electron chi connectivity index (χ1n) is 4.50. The van der Waals surface area contributed by atoms with Crippen molar-refractivity contribution in [2.75, 3.05) is 13.1 Å². The molecule has 78 valence electrons. The average Bonchev–Trinajstić information content (AvgIpc) is 2.28. The summed E-state index contributed by atoms with van der Waals surface area (Å²) in [4.78, 5) is 11.2. The van der Waals surface area contributed by atoms with E-state index in [0.29, 0.717) is 13.1 Å². The Balaban J connectivity index is 2.20. The molecule has 1 rings (SSSR count). The van der Waals surface area contributed by atoms with Gasteiger partial charge in [0.05, 0.1) is 25.3 Å². The second kappa shape index (κ2) is 6.51. The number of hydrogen-bond donors (Lipinski definition) is 2. The van der Waals surface area contributed by atoms with Crippen LogP contribution in [0.4, 0.5) is 0 Å². The van der Waals surface area contributed by atoms with Gasteiger partial charge in [-0.3, -0.25) is 10.1 Å². The van der Waals surface area contributed by atoms with E-state index in [-0.39, 0.29) is 12.5 Å². The van der Waals surface area contributed by atoms with E-state index in [1.165, 1.54) is 0 Å². The van der Waals surface area contributed by atoms with Crippen LogP contribution in [0, 0.1) is 12.3 Å². The minimum Gasteiger partial charge on any atom is -0.349 e. The van der Waals surface area contributed by atoms with E-state index in [4.69, 9.17) is 6.42 Å². The highest BCUT2D eigenvalue weighted by Crippen LogP contribution is 1.88. The number of nitrogens with one attached hydrogen (secondary N) is 2. The molecule has 5 nitrogen and oxygen atoms in total. The fourth-order valence-corrected chi connectivity index (χ4v) is 0.928. The lowest BCUT2D eigenvalue weighted by atomic mass is 10.4. The summed E-state index contributed by atoms with van der Waals surface area (Å²) in [5, 5.41) is 13.0. The molecule has 0 fully saturated rings. The van der Waals surface area contributed by atoms with Crippen molar-refractivity contribution in [3.05, 3.63) is 24.0 Å². The van der Waals surface area contributed by atoms with Crippen LogP contribution in [-0.2, 0) is 11.3 Å². The third-order valence-electron chi connectivity index (χ3n) is 1.61. The Kier molecular flexibility index (Phi) is 4.84. The van der Waals surface area contributed by atoms with E-state index >= 15 is 0 Å². The molecule has 1 aromatic heterocycles. The van der Waals surface area contributed by atoms with E-state index in [1.54, 1.807) is 18.3 Å². The van der Waals surface area contributed by atoms with Gasteiger partial charge in [-0.1, -0.05) is 5.92 Å². The molecule has 2 N–H and O–H groups in total. The second-order valence-electron chi connectivity index (χ2n) is 2.80. The van der Waals surface area contributed by atoms with Crippen LogP contribution < -0.4 is 10.6 Å². The molecule has 0 saturated heterocycles. The van der Waals surface area contributed by atoms with E-state index in [9.17, 15) is 4.79 Å². The van der Waals surface area contributed by atoms with Gasteiger partial charge < -0.3 is 5.32 Å². The summed E-state index contributed by atoms with van der Waals surface area (Å²) in [5.41, 5.74) is 0.725. The lowest BCUT2D eigenvalue weighted by Crippen LogP contribution is -2.33. The highest BCUT2D eigenvalue weighted by atomic mass is 16.1. The minimum absolute atomic E-state index is 0.115. The first kappa shape index (κ1) is 11.1. The molecule has 1 amide bonds. The zero-order chi connectivity index (χ0) is 10.9. The summed E-state index contributed by atoms with van der Waals surface area (Å²) in [6.45, 7) is 0.980.